The molecule has 3 aromatic rings. The van der Waals surface area contributed by atoms with Gasteiger partial charge in [0.05, 0.1) is 17.9 Å². The highest BCUT2D eigenvalue weighted by atomic mass is 35.5. The maximum Gasteiger partial charge on any atom is 0.573 e. The summed E-state index contributed by atoms with van der Waals surface area (Å²) in [6.45, 7) is 2.98. The van der Waals surface area contributed by atoms with Gasteiger partial charge in [-0.2, -0.15) is 23.3 Å². The number of pyridine rings is 1. The van der Waals surface area contributed by atoms with Gasteiger partial charge in [-0.05, 0) is 37.3 Å². The molecule has 2 heterocycles. The number of nitrogens with one attached hydrogen (secondary N) is 2. The lowest BCUT2D eigenvalue weighted by Gasteiger charge is -2.15. The summed E-state index contributed by atoms with van der Waals surface area (Å²) in [7, 11) is 0. The summed E-state index contributed by atoms with van der Waals surface area (Å²) in [5, 5.41) is 9.19. The maximum absolute atomic E-state index is 12.6. The van der Waals surface area contributed by atoms with Crippen LogP contribution in [0.25, 0.3) is 5.82 Å². The van der Waals surface area contributed by atoms with Gasteiger partial charge in [-0.25, -0.2) is 9.97 Å². The topological polar surface area (TPSA) is 111 Å². The fourth-order valence-corrected chi connectivity index (χ4v) is 2.97. The molecule has 0 aliphatic rings. The molecule has 176 valence electrons. The van der Waals surface area contributed by atoms with Gasteiger partial charge < -0.3 is 15.4 Å². The summed E-state index contributed by atoms with van der Waals surface area (Å²) < 4.78 is 42.7. The minimum Gasteiger partial charge on any atom is -0.406 e. The predicted molar refractivity (Wildman–Crippen MR) is 118 cm³/mol. The first-order valence-corrected chi connectivity index (χ1v) is 9.41. The molecule has 0 saturated heterocycles. The standard InChI is InChI=1S/C19H16ClF3N6O3.H2S/c1-10(27-18(31)12-5-13(20)7-15(6-12)32-19(21,22)23)17-25-9-26-29(17)16-4-3-14(8-24-16)28-11(2)30;/h3-10H,1-2H3,(H,27,31)(H,28,30);1H2/t10-;/m0./s1. The van der Waals surface area contributed by atoms with Crippen molar-refractivity contribution in [2.45, 2.75) is 26.3 Å². The van der Waals surface area contributed by atoms with E-state index in [-0.39, 0.29) is 30.0 Å². The molecule has 0 unspecified atom stereocenters. The van der Waals surface area contributed by atoms with E-state index in [4.69, 9.17) is 11.6 Å². The number of rotatable bonds is 6. The van der Waals surface area contributed by atoms with Gasteiger partial charge in [0, 0.05) is 17.5 Å². The van der Waals surface area contributed by atoms with Gasteiger partial charge in [0.15, 0.2) is 11.6 Å². The van der Waals surface area contributed by atoms with Crippen LogP contribution in [0.5, 0.6) is 5.75 Å². The van der Waals surface area contributed by atoms with E-state index >= 15 is 0 Å². The first-order valence-electron chi connectivity index (χ1n) is 9.03. The molecule has 33 heavy (non-hydrogen) atoms. The fraction of sp³-hybridized carbons (Fsp3) is 0.211. The number of amides is 2. The number of anilines is 1. The molecule has 14 heteroatoms. The Hall–Kier alpha value is -3.32. The van der Waals surface area contributed by atoms with E-state index in [1.807, 2.05) is 0 Å². The Morgan fingerprint density at radius 2 is 1.91 bits per heavy atom. The predicted octanol–water partition coefficient (Wildman–Crippen LogP) is 3.78. The van der Waals surface area contributed by atoms with Gasteiger partial charge in [0.2, 0.25) is 5.91 Å². The Bertz CT molecular complexity index is 1140. The zero-order valence-corrected chi connectivity index (χ0v) is 18.9. The number of halogens is 4. The third-order valence-electron chi connectivity index (χ3n) is 3.96. The summed E-state index contributed by atoms with van der Waals surface area (Å²) in [4.78, 5) is 32.0. The van der Waals surface area contributed by atoms with Crippen molar-refractivity contribution >= 4 is 42.6 Å². The van der Waals surface area contributed by atoms with Crippen molar-refractivity contribution in [2.24, 2.45) is 0 Å². The summed E-state index contributed by atoms with van der Waals surface area (Å²) >= 11 is 5.82. The summed E-state index contributed by atoms with van der Waals surface area (Å²) in [5.41, 5.74) is 0.356. The quantitative estimate of drug-likeness (QED) is 0.531. The number of carbonyl (C=O) groups is 2. The Morgan fingerprint density at radius 1 is 1.18 bits per heavy atom. The van der Waals surface area contributed by atoms with Gasteiger partial charge in [0.25, 0.3) is 5.91 Å². The Labute approximate surface area is 197 Å². The highest BCUT2D eigenvalue weighted by Crippen LogP contribution is 2.27. The van der Waals surface area contributed by atoms with Crippen LogP contribution in [0.1, 0.15) is 36.1 Å². The van der Waals surface area contributed by atoms with Crippen LogP contribution in [0.2, 0.25) is 5.02 Å². The van der Waals surface area contributed by atoms with Gasteiger partial charge >= 0.3 is 6.36 Å². The van der Waals surface area contributed by atoms with Crippen LogP contribution < -0.4 is 15.4 Å². The lowest BCUT2D eigenvalue weighted by atomic mass is 10.2. The van der Waals surface area contributed by atoms with Crippen molar-refractivity contribution in [1.29, 1.82) is 0 Å². The van der Waals surface area contributed by atoms with E-state index < -0.39 is 24.1 Å². The maximum atomic E-state index is 12.6. The molecule has 0 spiro atoms. The van der Waals surface area contributed by atoms with Crippen molar-refractivity contribution in [1.82, 2.24) is 25.1 Å². The van der Waals surface area contributed by atoms with Crippen molar-refractivity contribution in [2.75, 3.05) is 5.32 Å². The van der Waals surface area contributed by atoms with Crippen LogP contribution in [-0.2, 0) is 4.79 Å². The van der Waals surface area contributed by atoms with E-state index in [2.05, 4.69) is 30.4 Å². The van der Waals surface area contributed by atoms with Gasteiger partial charge in [-0.3, -0.25) is 9.59 Å². The lowest BCUT2D eigenvalue weighted by Crippen LogP contribution is -2.29. The number of hydrogen-bond donors (Lipinski definition) is 2. The van der Waals surface area contributed by atoms with Crippen LogP contribution in [0, 0.1) is 0 Å². The van der Waals surface area contributed by atoms with E-state index in [0.717, 1.165) is 12.1 Å². The molecule has 0 radical (unpaired) electrons. The molecule has 2 amide bonds. The number of benzene rings is 1. The van der Waals surface area contributed by atoms with Crippen LogP contribution in [0.4, 0.5) is 18.9 Å². The van der Waals surface area contributed by atoms with E-state index in [1.54, 1.807) is 19.1 Å². The van der Waals surface area contributed by atoms with Crippen LogP contribution in [-0.4, -0.2) is 37.9 Å². The van der Waals surface area contributed by atoms with Crippen molar-refractivity contribution in [3.63, 3.8) is 0 Å². The third-order valence-corrected chi connectivity index (χ3v) is 4.18. The molecule has 0 aliphatic carbocycles. The number of alkyl halides is 3. The number of nitrogens with zero attached hydrogens (tertiary/aromatic N) is 4. The van der Waals surface area contributed by atoms with E-state index in [1.165, 1.54) is 30.2 Å². The second-order valence-electron chi connectivity index (χ2n) is 6.53. The van der Waals surface area contributed by atoms with Crippen molar-refractivity contribution in [3.05, 3.63) is 59.3 Å². The van der Waals surface area contributed by atoms with E-state index in [9.17, 15) is 22.8 Å². The molecule has 2 aromatic heterocycles. The zero-order chi connectivity index (χ0) is 23.5. The van der Waals surface area contributed by atoms with Gasteiger partial charge in [0.1, 0.15) is 12.1 Å². The molecular weight excluding hydrogens is 485 g/mol. The second kappa shape index (κ2) is 10.5. The normalized spacial score (nSPS) is 11.8. The molecule has 0 fully saturated rings. The SMILES string of the molecule is CC(=O)Nc1ccc(-n2ncnc2[C@H](C)NC(=O)c2cc(Cl)cc(OC(F)(F)F)c2)nc1.S. The summed E-state index contributed by atoms with van der Waals surface area (Å²) in [5.74, 6) is -0.879. The highest BCUT2D eigenvalue weighted by molar-refractivity contribution is 7.59. The highest BCUT2D eigenvalue weighted by Gasteiger charge is 2.31. The molecule has 0 aliphatic heterocycles. The monoisotopic (exact) mass is 502 g/mol. The zero-order valence-electron chi connectivity index (χ0n) is 17.1. The molecule has 3 rings (SSSR count). The Balaban J connectivity index is 0.00000385. The number of carbonyl (C=O) groups excluding carboxylic acids is 2. The largest absolute Gasteiger partial charge is 0.573 e. The fourth-order valence-electron chi connectivity index (χ4n) is 2.74. The average molecular weight is 503 g/mol. The number of aromatic nitrogens is 4. The second-order valence-corrected chi connectivity index (χ2v) is 6.97. The van der Waals surface area contributed by atoms with E-state index in [0.29, 0.717) is 17.3 Å². The first kappa shape index (κ1) is 25.9. The average Bonchev–Trinajstić information content (AvgIpc) is 3.16. The Morgan fingerprint density at radius 3 is 2.52 bits per heavy atom. The lowest BCUT2D eigenvalue weighted by molar-refractivity contribution is -0.274. The van der Waals surface area contributed by atoms with Crippen LogP contribution >= 0.6 is 25.1 Å². The molecule has 1 atom stereocenters. The smallest absolute Gasteiger partial charge is 0.406 e. The molecule has 1 aromatic carbocycles. The molecule has 0 bridgehead atoms. The van der Waals surface area contributed by atoms with Gasteiger partial charge in [-0.15, -0.1) is 13.2 Å². The van der Waals surface area contributed by atoms with Gasteiger partial charge in [-0.1, -0.05) is 11.6 Å². The Kier molecular flexibility index (Phi) is 8.28. The number of hydrogen-bond acceptors (Lipinski definition) is 6. The minimum atomic E-state index is -4.93. The van der Waals surface area contributed by atoms with Crippen LogP contribution in [0.3, 0.4) is 0 Å². The molecule has 2 N–H and O–H groups in total. The summed E-state index contributed by atoms with van der Waals surface area (Å²) in [6, 6.07) is 5.59. The van der Waals surface area contributed by atoms with Crippen molar-refractivity contribution < 1.29 is 27.5 Å². The third kappa shape index (κ3) is 7.08. The minimum absolute atomic E-state index is 0. The molecule has 9 nitrogen and oxygen atoms in total. The van der Waals surface area contributed by atoms with Crippen molar-refractivity contribution in [3.8, 4) is 11.6 Å². The van der Waals surface area contributed by atoms with Crippen LogP contribution in [0.15, 0.2) is 42.9 Å². The summed E-state index contributed by atoms with van der Waals surface area (Å²) in [6.07, 6.45) is -2.24. The molecular formula is C19H18ClF3N6O3S. The number of ether oxygens (including phenoxy) is 1. The molecule has 0 saturated carbocycles. The first-order chi connectivity index (χ1) is 15.0.